The standard InChI is InChI=1S/C12H20N2O2S/c1-8(12-9(2)17-10(3)13-12)14(4)7-5-6-11(15)16/h8H,5-7H2,1-4H3,(H,15,16). The largest absolute Gasteiger partial charge is 0.481 e. The molecule has 0 amide bonds. The molecule has 0 saturated carbocycles. The second-order valence-corrected chi connectivity index (χ2v) is 5.74. The summed E-state index contributed by atoms with van der Waals surface area (Å²) in [5.74, 6) is -0.730. The molecule has 0 spiro atoms. The number of nitrogens with zero attached hydrogens (tertiary/aromatic N) is 2. The van der Waals surface area contributed by atoms with Crippen LogP contribution in [-0.2, 0) is 4.79 Å². The zero-order chi connectivity index (χ0) is 13.0. The lowest BCUT2D eigenvalue weighted by Crippen LogP contribution is -2.24. The molecule has 1 atom stereocenters. The first kappa shape index (κ1) is 14.1. The van der Waals surface area contributed by atoms with Gasteiger partial charge in [0.1, 0.15) is 0 Å². The average molecular weight is 256 g/mol. The van der Waals surface area contributed by atoms with Gasteiger partial charge in [-0.1, -0.05) is 0 Å². The van der Waals surface area contributed by atoms with Gasteiger partial charge in [-0.3, -0.25) is 9.69 Å². The molecule has 17 heavy (non-hydrogen) atoms. The predicted molar refractivity (Wildman–Crippen MR) is 69.5 cm³/mol. The topological polar surface area (TPSA) is 53.4 Å². The summed E-state index contributed by atoms with van der Waals surface area (Å²) in [7, 11) is 2.01. The number of hydrogen-bond acceptors (Lipinski definition) is 4. The molecule has 0 aliphatic heterocycles. The van der Waals surface area contributed by atoms with Crippen molar-refractivity contribution < 1.29 is 9.90 Å². The average Bonchev–Trinajstić information content (AvgIpc) is 2.56. The fraction of sp³-hybridized carbons (Fsp3) is 0.667. The van der Waals surface area contributed by atoms with Crippen molar-refractivity contribution in [3.05, 3.63) is 15.6 Å². The lowest BCUT2D eigenvalue weighted by molar-refractivity contribution is -0.137. The minimum Gasteiger partial charge on any atom is -0.481 e. The van der Waals surface area contributed by atoms with E-state index < -0.39 is 5.97 Å². The van der Waals surface area contributed by atoms with E-state index in [4.69, 9.17) is 5.11 Å². The molecule has 0 fully saturated rings. The van der Waals surface area contributed by atoms with E-state index in [0.717, 1.165) is 17.2 Å². The zero-order valence-electron chi connectivity index (χ0n) is 10.9. The van der Waals surface area contributed by atoms with Crippen molar-refractivity contribution in [3.8, 4) is 0 Å². The van der Waals surface area contributed by atoms with Crippen LogP contribution in [0.5, 0.6) is 0 Å². The molecule has 1 heterocycles. The van der Waals surface area contributed by atoms with Gasteiger partial charge >= 0.3 is 5.97 Å². The maximum atomic E-state index is 10.4. The van der Waals surface area contributed by atoms with Crippen molar-refractivity contribution in [1.29, 1.82) is 0 Å². The van der Waals surface area contributed by atoms with Gasteiger partial charge in [0.25, 0.3) is 0 Å². The van der Waals surface area contributed by atoms with Gasteiger partial charge < -0.3 is 5.11 Å². The van der Waals surface area contributed by atoms with E-state index in [1.165, 1.54) is 4.88 Å². The van der Waals surface area contributed by atoms with Gasteiger partial charge in [0, 0.05) is 11.3 Å². The van der Waals surface area contributed by atoms with Crippen LogP contribution in [0.2, 0.25) is 0 Å². The van der Waals surface area contributed by atoms with Crippen molar-refractivity contribution in [2.24, 2.45) is 0 Å². The lowest BCUT2D eigenvalue weighted by Gasteiger charge is -2.23. The Bertz CT molecular complexity index is 390. The van der Waals surface area contributed by atoms with Crippen molar-refractivity contribution >= 4 is 17.3 Å². The van der Waals surface area contributed by atoms with Gasteiger partial charge in [0.05, 0.1) is 16.7 Å². The number of carbonyl (C=O) groups is 1. The number of aromatic nitrogens is 1. The fourth-order valence-electron chi connectivity index (χ4n) is 1.81. The van der Waals surface area contributed by atoms with Gasteiger partial charge in [-0.25, -0.2) is 4.98 Å². The maximum absolute atomic E-state index is 10.4. The molecule has 1 aromatic heterocycles. The Hall–Kier alpha value is -0.940. The summed E-state index contributed by atoms with van der Waals surface area (Å²) in [6.45, 7) is 6.99. The molecular formula is C12H20N2O2S. The Morgan fingerprint density at radius 2 is 2.18 bits per heavy atom. The smallest absolute Gasteiger partial charge is 0.303 e. The molecule has 1 aromatic rings. The fourth-order valence-corrected chi connectivity index (χ4v) is 2.72. The van der Waals surface area contributed by atoms with Gasteiger partial charge in [-0.05, 0) is 40.8 Å². The first-order valence-electron chi connectivity index (χ1n) is 5.77. The van der Waals surface area contributed by atoms with E-state index in [0.29, 0.717) is 6.42 Å². The third kappa shape index (κ3) is 4.09. The molecule has 1 rings (SSSR count). The molecule has 0 aromatic carbocycles. The molecule has 4 nitrogen and oxygen atoms in total. The SMILES string of the molecule is Cc1nc(C(C)N(C)CCCC(=O)O)c(C)s1. The van der Waals surface area contributed by atoms with Crippen molar-refractivity contribution in [2.45, 2.75) is 39.7 Å². The van der Waals surface area contributed by atoms with Crippen LogP contribution in [0.1, 0.15) is 41.4 Å². The predicted octanol–water partition coefficient (Wildman–Crippen LogP) is 2.62. The maximum Gasteiger partial charge on any atom is 0.303 e. The minimum absolute atomic E-state index is 0.228. The van der Waals surface area contributed by atoms with Crippen LogP contribution in [0.25, 0.3) is 0 Å². The number of hydrogen-bond donors (Lipinski definition) is 1. The molecule has 0 aliphatic rings. The van der Waals surface area contributed by atoms with Gasteiger partial charge in [-0.2, -0.15) is 0 Å². The van der Waals surface area contributed by atoms with Crippen LogP contribution >= 0.6 is 11.3 Å². The van der Waals surface area contributed by atoms with Crippen LogP contribution < -0.4 is 0 Å². The molecule has 96 valence electrons. The molecular weight excluding hydrogens is 236 g/mol. The van der Waals surface area contributed by atoms with Gasteiger partial charge in [0.2, 0.25) is 0 Å². The highest BCUT2D eigenvalue weighted by Crippen LogP contribution is 2.25. The molecule has 5 heteroatoms. The summed E-state index contributed by atoms with van der Waals surface area (Å²) < 4.78 is 0. The van der Waals surface area contributed by atoms with Gasteiger partial charge in [0.15, 0.2) is 0 Å². The number of rotatable bonds is 6. The summed E-state index contributed by atoms with van der Waals surface area (Å²) >= 11 is 1.71. The number of aliphatic carboxylic acids is 1. The van der Waals surface area contributed by atoms with E-state index in [1.807, 2.05) is 14.0 Å². The van der Waals surface area contributed by atoms with Crippen LogP contribution in [-0.4, -0.2) is 34.6 Å². The molecule has 0 radical (unpaired) electrons. The van der Waals surface area contributed by atoms with Gasteiger partial charge in [-0.15, -0.1) is 11.3 Å². The first-order valence-corrected chi connectivity index (χ1v) is 6.59. The third-order valence-corrected chi connectivity index (χ3v) is 3.80. The van der Waals surface area contributed by atoms with E-state index in [-0.39, 0.29) is 12.5 Å². The second kappa shape index (κ2) is 6.12. The van der Waals surface area contributed by atoms with Crippen LogP contribution in [0, 0.1) is 13.8 Å². The number of carboxylic acid groups (broad SMARTS) is 1. The number of carboxylic acids is 1. The molecule has 0 bridgehead atoms. The summed E-state index contributed by atoms with van der Waals surface area (Å²) in [5.41, 5.74) is 1.12. The molecule has 1 unspecified atom stereocenters. The van der Waals surface area contributed by atoms with Crippen molar-refractivity contribution in [1.82, 2.24) is 9.88 Å². The second-order valence-electron chi connectivity index (χ2n) is 4.33. The third-order valence-electron chi connectivity index (χ3n) is 2.90. The summed E-state index contributed by atoms with van der Waals surface area (Å²) in [5, 5.41) is 9.69. The number of aryl methyl sites for hydroxylation is 2. The van der Waals surface area contributed by atoms with Crippen molar-refractivity contribution in [2.75, 3.05) is 13.6 Å². The Kier molecular flexibility index (Phi) is 5.08. The zero-order valence-corrected chi connectivity index (χ0v) is 11.7. The van der Waals surface area contributed by atoms with Crippen LogP contribution in [0.15, 0.2) is 0 Å². The number of thiazole rings is 1. The molecule has 1 N–H and O–H groups in total. The Labute approximate surface area is 106 Å². The van der Waals surface area contributed by atoms with E-state index in [1.54, 1.807) is 11.3 Å². The normalized spacial score (nSPS) is 13.0. The summed E-state index contributed by atoms with van der Waals surface area (Å²) in [6, 6.07) is 0.244. The highest BCUT2D eigenvalue weighted by atomic mass is 32.1. The Morgan fingerprint density at radius 1 is 1.53 bits per heavy atom. The van der Waals surface area contributed by atoms with E-state index in [2.05, 4.69) is 23.7 Å². The Morgan fingerprint density at radius 3 is 2.65 bits per heavy atom. The summed E-state index contributed by atoms with van der Waals surface area (Å²) in [4.78, 5) is 18.4. The molecule has 0 saturated heterocycles. The highest BCUT2D eigenvalue weighted by molar-refractivity contribution is 7.11. The van der Waals surface area contributed by atoms with Crippen LogP contribution in [0.3, 0.4) is 0 Å². The Balaban J connectivity index is 2.54. The highest BCUT2D eigenvalue weighted by Gasteiger charge is 2.17. The van der Waals surface area contributed by atoms with Crippen molar-refractivity contribution in [3.63, 3.8) is 0 Å². The lowest BCUT2D eigenvalue weighted by atomic mass is 10.2. The minimum atomic E-state index is -0.730. The van der Waals surface area contributed by atoms with E-state index in [9.17, 15) is 4.79 Å². The monoisotopic (exact) mass is 256 g/mol. The quantitative estimate of drug-likeness (QED) is 0.850. The summed E-state index contributed by atoms with van der Waals surface area (Å²) in [6.07, 6.45) is 0.907. The first-order chi connectivity index (χ1) is 7.91. The molecule has 0 aliphatic carbocycles. The van der Waals surface area contributed by atoms with E-state index >= 15 is 0 Å². The van der Waals surface area contributed by atoms with Crippen LogP contribution in [0.4, 0.5) is 0 Å².